The van der Waals surface area contributed by atoms with Gasteiger partial charge in [-0.3, -0.25) is 9.59 Å². The maximum Gasteiger partial charge on any atom is 0.247 e. The van der Waals surface area contributed by atoms with Crippen LogP contribution in [0.1, 0.15) is 51.4 Å². The molecule has 2 aromatic rings. The molecule has 5 aliphatic rings. The van der Waals surface area contributed by atoms with E-state index in [1.54, 1.807) is 17.1 Å². The Kier molecular flexibility index (Phi) is 4.40. The van der Waals surface area contributed by atoms with Crippen molar-refractivity contribution in [2.24, 2.45) is 23.2 Å². The molecule has 0 aromatic carbocycles. The maximum absolute atomic E-state index is 13.8. The second kappa shape index (κ2) is 7.18. The van der Waals surface area contributed by atoms with Crippen molar-refractivity contribution in [3.63, 3.8) is 0 Å². The molecule has 0 spiro atoms. The summed E-state index contributed by atoms with van der Waals surface area (Å²) in [6, 6.07) is 5.14. The lowest BCUT2D eigenvalue weighted by Gasteiger charge is -2.56. The Morgan fingerprint density at radius 1 is 1.06 bits per heavy atom. The Morgan fingerprint density at radius 3 is 2.42 bits per heavy atom. The fraction of sp³-hybridized carbons (Fsp3) is 0.583. The molecule has 1 unspecified atom stereocenters. The summed E-state index contributed by atoms with van der Waals surface area (Å²) < 4.78 is 1.68. The molecule has 1 aliphatic heterocycles. The number of nitrogens with one attached hydrogen (secondary N) is 1. The molecule has 1 saturated heterocycles. The van der Waals surface area contributed by atoms with Crippen LogP contribution in [-0.2, 0) is 9.59 Å². The highest BCUT2D eigenvalue weighted by Gasteiger charge is 2.56. The van der Waals surface area contributed by atoms with E-state index in [0.717, 1.165) is 49.9 Å². The molecule has 4 saturated carbocycles. The third-order valence-corrected chi connectivity index (χ3v) is 8.06. The fourth-order valence-corrected chi connectivity index (χ4v) is 7.19. The molecule has 4 bridgehead atoms. The van der Waals surface area contributed by atoms with Crippen LogP contribution in [0.15, 0.2) is 36.8 Å². The van der Waals surface area contributed by atoms with Crippen LogP contribution in [0.4, 0.5) is 5.69 Å². The molecule has 31 heavy (non-hydrogen) atoms. The van der Waals surface area contributed by atoms with Gasteiger partial charge in [0, 0.05) is 18.9 Å². The standard InChI is InChI=1S/C24H29N5O2/c30-22(27-19-4-5-21(25-15-19)29-8-2-6-26-29)20-3-1-7-28(20)23(31)24-12-16-9-17(13-24)11-18(10-16)14-24/h2,4-6,8,15-18,20H,1,3,7,9-14H2,(H,27,30). The molecule has 4 aliphatic carbocycles. The zero-order valence-corrected chi connectivity index (χ0v) is 17.7. The fourth-order valence-electron chi connectivity index (χ4n) is 7.19. The third-order valence-electron chi connectivity index (χ3n) is 8.06. The summed E-state index contributed by atoms with van der Waals surface area (Å²) in [6.07, 6.45) is 13.9. The molecule has 2 aromatic heterocycles. The van der Waals surface area contributed by atoms with Gasteiger partial charge in [-0.1, -0.05) is 0 Å². The molecule has 3 heterocycles. The Morgan fingerprint density at radius 2 is 1.81 bits per heavy atom. The number of nitrogens with zero attached hydrogens (tertiary/aromatic N) is 4. The van der Waals surface area contributed by atoms with Gasteiger partial charge in [0.25, 0.3) is 0 Å². The first-order chi connectivity index (χ1) is 15.1. The van der Waals surface area contributed by atoms with Gasteiger partial charge in [0.05, 0.1) is 17.3 Å². The van der Waals surface area contributed by atoms with Crippen LogP contribution >= 0.6 is 0 Å². The second-order valence-corrected chi connectivity index (χ2v) is 10.2. The van der Waals surface area contributed by atoms with Crippen molar-refractivity contribution >= 4 is 17.5 Å². The minimum atomic E-state index is -0.369. The Labute approximate surface area is 182 Å². The maximum atomic E-state index is 13.8. The number of rotatable bonds is 4. The van der Waals surface area contributed by atoms with Crippen LogP contribution in [0.2, 0.25) is 0 Å². The lowest BCUT2D eigenvalue weighted by molar-refractivity contribution is -0.160. The van der Waals surface area contributed by atoms with Gasteiger partial charge in [-0.15, -0.1) is 0 Å². The van der Waals surface area contributed by atoms with Gasteiger partial charge in [-0.2, -0.15) is 5.10 Å². The normalized spacial score (nSPS) is 33.6. The molecule has 1 atom stereocenters. The zero-order chi connectivity index (χ0) is 21.0. The van der Waals surface area contributed by atoms with Gasteiger partial charge >= 0.3 is 0 Å². The van der Waals surface area contributed by atoms with Crippen LogP contribution < -0.4 is 5.32 Å². The first-order valence-corrected chi connectivity index (χ1v) is 11.7. The molecular weight excluding hydrogens is 390 g/mol. The van der Waals surface area contributed by atoms with Gasteiger partial charge < -0.3 is 10.2 Å². The molecule has 7 nitrogen and oxygen atoms in total. The second-order valence-electron chi connectivity index (χ2n) is 10.2. The van der Waals surface area contributed by atoms with Crippen molar-refractivity contribution in [2.45, 2.75) is 57.4 Å². The molecule has 0 radical (unpaired) electrons. The summed E-state index contributed by atoms with van der Waals surface area (Å²) in [5.74, 6) is 3.04. The molecule has 2 amide bonds. The summed E-state index contributed by atoms with van der Waals surface area (Å²) in [6.45, 7) is 0.704. The molecular formula is C24H29N5O2. The monoisotopic (exact) mass is 419 g/mol. The van der Waals surface area contributed by atoms with Crippen molar-refractivity contribution < 1.29 is 9.59 Å². The number of anilines is 1. The number of pyridine rings is 1. The lowest BCUT2D eigenvalue weighted by atomic mass is 9.49. The van der Waals surface area contributed by atoms with Crippen molar-refractivity contribution in [3.8, 4) is 5.82 Å². The van der Waals surface area contributed by atoms with E-state index in [1.165, 1.54) is 19.3 Å². The average molecular weight is 420 g/mol. The molecule has 1 N–H and O–H groups in total. The van der Waals surface area contributed by atoms with E-state index in [1.807, 2.05) is 29.3 Å². The van der Waals surface area contributed by atoms with Gasteiger partial charge in [0.1, 0.15) is 6.04 Å². The number of likely N-dealkylation sites (tertiary alicyclic amines) is 1. The summed E-state index contributed by atoms with van der Waals surface area (Å²) in [7, 11) is 0. The van der Waals surface area contributed by atoms with E-state index < -0.39 is 0 Å². The molecule has 7 heteroatoms. The highest BCUT2D eigenvalue weighted by atomic mass is 16.2. The Hall–Kier alpha value is -2.70. The van der Waals surface area contributed by atoms with Crippen LogP contribution in [0.3, 0.4) is 0 Å². The number of carbonyl (C=O) groups is 2. The van der Waals surface area contributed by atoms with Crippen LogP contribution in [-0.4, -0.2) is 44.1 Å². The molecule has 5 fully saturated rings. The van der Waals surface area contributed by atoms with Crippen LogP contribution in [0.25, 0.3) is 5.82 Å². The number of amides is 2. The lowest BCUT2D eigenvalue weighted by Crippen LogP contribution is -2.56. The summed E-state index contributed by atoms with van der Waals surface area (Å²) >= 11 is 0. The van der Waals surface area contributed by atoms with Crippen molar-refractivity contribution in [1.82, 2.24) is 19.7 Å². The molecule has 7 rings (SSSR count). The molecule has 162 valence electrons. The predicted molar refractivity (Wildman–Crippen MR) is 115 cm³/mol. The van der Waals surface area contributed by atoms with Crippen LogP contribution in [0, 0.1) is 23.2 Å². The van der Waals surface area contributed by atoms with Crippen molar-refractivity contribution in [2.75, 3.05) is 11.9 Å². The SMILES string of the molecule is O=C(Nc1ccc(-n2cccn2)nc1)C1CCCN1C(=O)C12CC3CC(CC(C3)C1)C2. The Balaban J connectivity index is 1.16. The van der Waals surface area contributed by atoms with Crippen molar-refractivity contribution in [3.05, 3.63) is 36.8 Å². The highest BCUT2D eigenvalue weighted by Crippen LogP contribution is 2.60. The van der Waals surface area contributed by atoms with Gasteiger partial charge in [0.2, 0.25) is 11.8 Å². The van der Waals surface area contributed by atoms with E-state index in [-0.39, 0.29) is 23.3 Å². The average Bonchev–Trinajstić information content (AvgIpc) is 3.45. The van der Waals surface area contributed by atoms with E-state index in [0.29, 0.717) is 18.1 Å². The van der Waals surface area contributed by atoms with Gasteiger partial charge in [0.15, 0.2) is 5.82 Å². The minimum absolute atomic E-state index is 0.0933. The largest absolute Gasteiger partial charge is 0.330 e. The summed E-state index contributed by atoms with van der Waals surface area (Å²) in [5.41, 5.74) is 0.458. The van der Waals surface area contributed by atoms with Crippen molar-refractivity contribution in [1.29, 1.82) is 0 Å². The van der Waals surface area contributed by atoms with Gasteiger partial charge in [-0.05, 0) is 87.3 Å². The predicted octanol–water partition coefficient (Wildman–Crippen LogP) is 3.41. The number of hydrogen-bond donors (Lipinski definition) is 1. The van der Waals surface area contributed by atoms with E-state index in [4.69, 9.17) is 0 Å². The smallest absolute Gasteiger partial charge is 0.247 e. The van der Waals surface area contributed by atoms with E-state index >= 15 is 0 Å². The first-order valence-electron chi connectivity index (χ1n) is 11.7. The highest BCUT2D eigenvalue weighted by molar-refractivity contribution is 5.98. The summed E-state index contributed by atoms with van der Waals surface area (Å²) in [5, 5.41) is 7.16. The van der Waals surface area contributed by atoms with E-state index in [2.05, 4.69) is 15.4 Å². The van der Waals surface area contributed by atoms with E-state index in [9.17, 15) is 9.59 Å². The Bertz CT molecular complexity index is 949. The van der Waals surface area contributed by atoms with Gasteiger partial charge in [-0.25, -0.2) is 9.67 Å². The van der Waals surface area contributed by atoms with Crippen LogP contribution in [0.5, 0.6) is 0 Å². The first kappa shape index (κ1) is 19.0. The quantitative estimate of drug-likeness (QED) is 0.824. The number of hydrogen-bond acceptors (Lipinski definition) is 4. The summed E-state index contributed by atoms with van der Waals surface area (Å²) in [4.78, 5) is 33.2. The zero-order valence-electron chi connectivity index (χ0n) is 17.7. The minimum Gasteiger partial charge on any atom is -0.330 e. The third kappa shape index (κ3) is 3.25. The number of carbonyl (C=O) groups excluding carboxylic acids is 2. The topological polar surface area (TPSA) is 80.1 Å². The number of aromatic nitrogens is 3.